The second-order valence-electron chi connectivity index (χ2n) is 6.75. The third-order valence-electron chi connectivity index (χ3n) is 4.97. The molecule has 7 heteroatoms. The zero-order valence-corrected chi connectivity index (χ0v) is 15.9. The van der Waals surface area contributed by atoms with Gasteiger partial charge < -0.3 is 9.80 Å². The van der Waals surface area contributed by atoms with Crippen LogP contribution < -0.4 is 9.80 Å². The van der Waals surface area contributed by atoms with Crippen LogP contribution in [0.25, 0.3) is 11.4 Å². The molecule has 0 N–H and O–H groups in total. The van der Waals surface area contributed by atoms with Crippen LogP contribution >= 0.6 is 0 Å². The highest BCUT2D eigenvalue weighted by molar-refractivity contribution is 5.60. The minimum absolute atomic E-state index is 0.754. The third kappa shape index (κ3) is 3.58. The monoisotopic (exact) mass is 361 g/mol. The van der Waals surface area contributed by atoms with Crippen LogP contribution in [0.2, 0.25) is 0 Å². The standard InChI is InChI=1S/C20H23N7/c1-14-15(2)23-19(17-4-7-21-8-5-17)25-20(14)27-12-10-26(11-13-27)18-6-9-22-16(3)24-18/h4-9H,10-13H2,1-3H3. The van der Waals surface area contributed by atoms with Crippen molar-refractivity contribution in [1.82, 2.24) is 24.9 Å². The summed E-state index contributed by atoms with van der Waals surface area (Å²) in [7, 11) is 0. The highest BCUT2D eigenvalue weighted by Crippen LogP contribution is 2.25. The van der Waals surface area contributed by atoms with Crippen molar-refractivity contribution in [1.29, 1.82) is 0 Å². The molecule has 0 aliphatic carbocycles. The fourth-order valence-corrected chi connectivity index (χ4v) is 3.32. The van der Waals surface area contributed by atoms with Crippen molar-refractivity contribution < 1.29 is 0 Å². The molecule has 0 saturated carbocycles. The molecule has 0 unspecified atom stereocenters. The second-order valence-corrected chi connectivity index (χ2v) is 6.75. The summed E-state index contributed by atoms with van der Waals surface area (Å²) in [4.78, 5) is 27.0. The lowest BCUT2D eigenvalue weighted by Crippen LogP contribution is -2.47. The van der Waals surface area contributed by atoms with Gasteiger partial charge in [0, 0.05) is 61.6 Å². The first-order valence-electron chi connectivity index (χ1n) is 9.17. The molecule has 0 atom stereocenters. The van der Waals surface area contributed by atoms with Gasteiger partial charge in [0.25, 0.3) is 0 Å². The quantitative estimate of drug-likeness (QED) is 0.710. The molecule has 3 aromatic rings. The average molecular weight is 361 g/mol. The van der Waals surface area contributed by atoms with Crippen molar-refractivity contribution >= 4 is 11.6 Å². The van der Waals surface area contributed by atoms with Gasteiger partial charge in [-0.25, -0.2) is 19.9 Å². The molecule has 0 amide bonds. The van der Waals surface area contributed by atoms with E-state index < -0.39 is 0 Å². The summed E-state index contributed by atoms with van der Waals surface area (Å²) in [5, 5.41) is 0. The van der Waals surface area contributed by atoms with Gasteiger partial charge in [-0.15, -0.1) is 0 Å². The first-order valence-corrected chi connectivity index (χ1v) is 9.17. The molecule has 0 bridgehead atoms. The van der Waals surface area contributed by atoms with E-state index in [4.69, 9.17) is 4.98 Å². The highest BCUT2D eigenvalue weighted by atomic mass is 15.3. The van der Waals surface area contributed by atoms with E-state index >= 15 is 0 Å². The normalized spacial score (nSPS) is 14.5. The van der Waals surface area contributed by atoms with E-state index in [-0.39, 0.29) is 0 Å². The van der Waals surface area contributed by atoms with E-state index in [1.165, 1.54) is 0 Å². The fourth-order valence-electron chi connectivity index (χ4n) is 3.32. The summed E-state index contributed by atoms with van der Waals surface area (Å²) in [6.45, 7) is 9.68. The van der Waals surface area contributed by atoms with Crippen LogP contribution in [0.5, 0.6) is 0 Å². The number of nitrogens with zero attached hydrogens (tertiary/aromatic N) is 7. The molecule has 0 radical (unpaired) electrons. The summed E-state index contributed by atoms with van der Waals surface area (Å²) < 4.78 is 0. The molecular weight excluding hydrogens is 338 g/mol. The molecular formula is C20H23N7. The number of hydrogen-bond acceptors (Lipinski definition) is 7. The zero-order valence-electron chi connectivity index (χ0n) is 15.9. The number of pyridine rings is 1. The Labute approximate surface area is 159 Å². The van der Waals surface area contributed by atoms with Crippen molar-refractivity contribution in [2.45, 2.75) is 20.8 Å². The number of aromatic nitrogens is 5. The minimum Gasteiger partial charge on any atom is -0.353 e. The van der Waals surface area contributed by atoms with Gasteiger partial charge in [-0.3, -0.25) is 4.98 Å². The van der Waals surface area contributed by atoms with Crippen molar-refractivity contribution in [2.24, 2.45) is 0 Å². The largest absolute Gasteiger partial charge is 0.353 e. The van der Waals surface area contributed by atoms with Crippen molar-refractivity contribution in [2.75, 3.05) is 36.0 Å². The van der Waals surface area contributed by atoms with Gasteiger partial charge in [-0.2, -0.15) is 0 Å². The Morgan fingerprint density at radius 2 is 1.48 bits per heavy atom. The Morgan fingerprint density at radius 3 is 2.19 bits per heavy atom. The predicted octanol–water partition coefficient (Wildman–Crippen LogP) is 2.58. The van der Waals surface area contributed by atoms with Crippen LogP contribution in [-0.2, 0) is 0 Å². The van der Waals surface area contributed by atoms with Crippen LogP contribution in [0.3, 0.4) is 0 Å². The number of aryl methyl sites for hydroxylation is 2. The van der Waals surface area contributed by atoms with Crippen LogP contribution in [0, 0.1) is 20.8 Å². The third-order valence-corrected chi connectivity index (χ3v) is 4.97. The molecule has 1 aliphatic heterocycles. The van der Waals surface area contributed by atoms with Crippen LogP contribution in [0.1, 0.15) is 17.1 Å². The Hall–Kier alpha value is -3.09. The van der Waals surface area contributed by atoms with E-state index in [1.54, 1.807) is 12.4 Å². The number of piperazine rings is 1. The van der Waals surface area contributed by atoms with Gasteiger partial charge in [0.15, 0.2) is 5.82 Å². The maximum absolute atomic E-state index is 4.88. The van der Waals surface area contributed by atoms with E-state index in [9.17, 15) is 0 Å². The molecule has 0 spiro atoms. The predicted molar refractivity (Wildman–Crippen MR) is 106 cm³/mol. The smallest absolute Gasteiger partial charge is 0.161 e. The van der Waals surface area contributed by atoms with Crippen LogP contribution in [-0.4, -0.2) is 51.1 Å². The van der Waals surface area contributed by atoms with Crippen molar-refractivity contribution in [3.05, 3.63) is 53.9 Å². The van der Waals surface area contributed by atoms with Gasteiger partial charge in [-0.05, 0) is 39.0 Å². The van der Waals surface area contributed by atoms with E-state index in [0.29, 0.717) is 0 Å². The Kier molecular flexibility index (Phi) is 4.66. The van der Waals surface area contributed by atoms with Gasteiger partial charge >= 0.3 is 0 Å². The summed E-state index contributed by atoms with van der Waals surface area (Å²) in [6, 6.07) is 5.87. The lowest BCUT2D eigenvalue weighted by molar-refractivity contribution is 0.637. The molecule has 1 fully saturated rings. The molecule has 4 heterocycles. The molecule has 4 rings (SSSR count). The van der Waals surface area contributed by atoms with Gasteiger partial charge in [-0.1, -0.05) is 0 Å². The van der Waals surface area contributed by atoms with Gasteiger partial charge in [0.05, 0.1) is 0 Å². The zero-order chi connectivity index (χ0) is 18.8. The average Bonchev–Trinajstić information content (AvgIpc) is 2.71. The minimum atomic E-state index is 0.754. The molecule has 3 aromatic heterocycles. The van der Waals surface area contributed by atoms with E-state index in [2.05, 4.69) is 36.7 Å². The number of rotatable bonds is 3. The summed E-state index contributed by atoms with van der Waals surface area (Å²) >= 11 is 0. The highest BCUT2D eigenvalue weighted by Gasteiger charge is 2.22. The van der Waals surface area contributed by atoms with Crippen LogP contribution in [0.15, 0.2) is 36.8 Å². The lowest BCUT2D eigenvalue weighted by Gasteiger charge is -2.36. The topological polar surface area (TPSA) is 70.9 Å². The summed E-state index contributed by atoms with van der Waals surface area (Å²) in [6.07, 6.45) is 5.37. The molecule has 138 valence electrons. The maximum atomic E-state index is 4.88. The van der Waals surface area contributed by atoms with Crippen molar-refractivity contribution in [3.8, 4) is 11.4 Å². The first-order chi connectivity index (χ1) is 13.1. The number of anilines is 2. The summed E-state index contributed by atoms with van der Waals surface area (Å²) in [5.74, 6) is 3.58. The molecule has 1 saturated heterocycles. The molecule has 7 nitrogen and oxygen atoms in total. The molecule has 0 aromatic carbocycles. The Bertz CT molecular complexity index is 934. The Morgan fingerprint density at radius 1 is 0.778 bits per heavy atom. The number of hydrogen-bond donors (Lipinski definition) is 0. The molecule has 27 heavy (non-hydrogen) atoms. The molecule has 1 aliphatic rings. The first kappa shape index (κ1) is 17.3. The van der Waals surface area contributed by atoms with E-state index in [1.807, 2.05) is 38.2 Å². The van der Waals surface area contributed by atoms with Gasteiger partial charge in [0.1, 0.15) is 17.5 Å². The maximum Gasteiger partial charge on any atom is 0.161 e. The summed E-state index contributed by atoms with van der Waals surface area (Å²) in [5.41, 5.74) is 3.14. The van der Waals surface area contributed by atoms with Crippen molar-refractivity contribution in [3.63, 3.8) is 0 Å². The SMILES string of the molecule is Cc1nccc(N2CCN(c3nc(-c4ccncc4)nc(C)c3C)CC2)n1. The van der Waals surface area contributed by atoms with E-state index in [0.717, 1.165) is 66.3 Å². The fraction of sp³-hybridized carbons (Fsp3) is 0.350. The Balaban J connectivity index is 1.57. The van der Waals surface area contributed by atoms with Crippen LogP contribution in [0.4, 0.5) is 11.6 Å². The second kappa shape index (κ2) is 7.26. The van der Waals surface area contributed by atoms with Gasteiger partial charge in [0.2, 0.25) is 0 Å². The lowest BCUT2D eigenvalue weighted by atomic mass is 10.2.